The van der Waals surface area contributed by atoms with Gasteiger partial charge in [-0.2, -0.15) is 0 Å². The van der Waals surface area contributed by atoms with Crippen LogP contribution in [0.4, 0.5) is 4.39 Å². The van der Waals surface area contributed by atoms with Crippen molar-refractivity contribution in [3.05, 3.63) is 35.6 Å². The highest BCUT2D eigenvalue weighted by molar-refractivity contribution is 5.89. The van der Waals surface area contributed by atoms with Gasteiger partial charge in [-0.05, 0) is 36.3 Å². The van der Waals surface area contributed by atoms with Crippen molar-refractivity contribution >= 4 is 11.9 Å². The van der Waals surface area contributed by atoms with Crippen molar-refractivity contribution in [2.45, 2.75) is 13.8 Å². The summed E-state index contributed by atoms with van der Waals surface area (Å²) in [6, 6.07) is 5.00. The summed E-state index contributed by atoms with van der Waals surface area (Å²) in [6.07, 6.45) is 0. The van der Waals surface area contributed by atoms with Crippen molar-refractivity contribution < 1.29 is 18.8 Å². The first-order valence-corrected chi connectivity index (χ1v) is 4.77. The first kappa shape index (κ1) is 12.2. The summed E-state index contributed by atoms with van der Waals surface area (Å²) in [7, 11) is 0. The maximum atomic E-state index is 12.6. The minimum absolute atomic E-state index is 0.231. The van der Waals surface area contributed by atoms with Crippen molar-refractivity contribution in [1.82, 2.24) is 0 Å². The molecule has 0 aliphatic heterocycles. The average molecular weight is 225 g/mol. The number of nitrogens with zero attached hydrogens (tertiary/aromatic N) is 1. The lowest BCUT2D eigenvalue weighted by atomic mass is 10.2. The molecule has 0 aromatic heterocycles. The average Bonchev–Trinajstić information content (AvgIpc) is 2.27. The topological polar surface area (TPSA) is 47.9 Å². The SMILES string of the molecule is CCO/C(C)=N/OC(=O)c1ccc(F)cc1. The van der Waals surface area contributed by atoms with Crippen LogP contribution < -0.4 is 0 Å². The first-order chi connectivity index (χ1) is 7.63. The van der Waals surface area contributed by atoms with Gasteiger partial charge in [0.15, 0.2) is 0 Å². The zero-order valence-corrected chi connectivity index (χ0v) is 9.07. The van der Waals surface area contributed by atoms with E-state index in [2.05, 4.69) is 9.99 Å². The van der Waals surface area contributed by atoms with E-state index in [0.29, 0.717) is 6.61 Å². The van der Waals surface area contributed by atoms with Gasteiger partial charge in [-0.1, -0.05) is 0 Å². The molecule has 0 aliphatic rings. The molecule has 16 heavy (non-hydrogen) atoms. The highest BCUT2D eigenvalue weighted by atomic mass is 19.1. The number of hydrogen-bond acceptors (Lipinski definition) is 4. The number of ether oxygens (including phenoxy) is 1. The van der Waals surface area contributed by atoms with Gasteiger partial charge in [0.05, 0.1) is 12.2 Å². The lowest BCUT2D eigenvalue weighted by molar-refractivity contribution is 0.0501. The quantitative estimate of drug-likeness (QED) is 0.343. The van der Waals surface area contributed by atoms with Crippen molar-refractivity contribution in [1.29, 1.82) is 0 Å². The molecular formula is C11H12FNO3. The Kier molecular flexibility index (Phi) is 4.44. The molecule has 0 heterocycles. The van der Waals surface area contributed by atoms with Crippen LogP contribution in [-0.4, -0.2) is 18.5 Å². The van der Waals surface area contributed by atoms with Gasteiger partial charge in [-0.15, -0.1) is 0 Å². The molecule has 0 N–H and O–H groups in total. The lowest BCUT2D eigenvalue weighted by Gasteiger charge is -2.01. The maximum absolute atomic E-state index is 12.6. The van der Waals surface area contributed by atoms with Crippen LogP contribution in [0.2, 0.25) is 0 Å². The molecule has 0 radical (unpaired) electrons. The Labute approximate surface area is 92.7 Å². The highest BCUT2D eigenvalue weighted by Crippen LogP contribution is 2.04. The standard InChI is InChI=1S/C11H12FNO3/c1-3-15-8(2)13-16-11(14)9-4-6-10(12)7-5-9/h4-7H,3H2,1-2H3/b13-8+. The molecule has 0 atom stereocenters. The predicted octanol–water partition coefficient (Wildman–Crippen LogP) is 2.35. The van der Waals surface area contributed by atoms with E-state index in [-0.39, 0.29) is 11.5 Å². The molecule has 0 bridgehead atoms. The molecule has 86 valence electrons. The molecule has 0 spiro atoms. The van der Waals surface area contributed by atoms with Gasteiger partial charge in [-0.25, -0.2) is 9.18 Å². The van der Waals surface area contributed by atoms with Crippen LogP contribution in [-0.2, 0) is 9.57 Å². The Morgan fingerprint density at radius 3 is 2.56 bits per heavy atom. The molecule has 0 aliphatic carbocycles. The number of benzene rings is 1. The van der Waals surface area contributed by atoms with Crippen LogP contribution in [0.25, 0.3) is 0 Å². The van der Waals surface area contributed by atoms with Gasteiger partial charge in [0, 0.05) is 6.92 Å². The smallest absolute Gasteiger partial charge is 0.365 e. The lowest BCUT2D eigenvalue weighted by Crippen LogP contribution is -2.05. The summed E-state index contributed by atoms with van der Waals surface area (Å²) < 4.78 is 17.5. The van der Waals surface area contributed by atoms with Crippen molar-refractivity contribution in [2.24, 2.45) is 5.16 Å². The fourth-order valence-electron chi connectivity index (χ4n) is 0.980. The van der Waals surface area contributed by atoms with Gasteiger partial charge in [0.2, 0.25) is 5.90 Å². The molecule has 0 unspecified atom stereocenters. The van der Waals surface area contributed by atoms with Crippen LogP contribution in [0.3, 0.4) is 0 Å². The summed E-state index contributed by atoms with van der Waals surface area (Å²) in [4.78, 5) is 15.9. The van der Waals surface area contributed by atoms with Crippen LogP contribution in [0.5, 0.6) is 0 Å². The highest BCUT2D eigenvalue weighted by Gasteiger charge is 2.07. The molecular weight excluding hydrogens is 213 g/mol. The minimum Gasteiger partial charge on any atom is -0.479 e. The summed E-state index contributed by atoms with van der Waals surface area (Å²) in [5.41, 5.74) is 0.231. The zero-order chi connectivity index (χ0) is 12.0. The van der Waals surface area contributed by atoms with Crippen molar-refractivity contribution in [3.8, 4) is 0 Å². The fraction of sp³-hybridized carbons (Fsp3) is 0.273. The van der Waals surface area contributed by atoms with Gasteiger partial charge >= 0.3 is 5.97 Å². The van der Waals surface area contributed by atoms with E-state index in [1.54, 1.807) is 13.8 Å². The molecule has 4 nitrogen and oxygen atoms in total. The number of halogens is 1. The number of carbonyl (C=O) groups is 1. The van der Waals surface area contributed by atoms with Gasteiger partial charge in [-0.3, -0.25) is 0 Å². The van der Waals surface area contributed by atoms with E-state index in [1.807, 2.05) is 0 Å². The van der Waals surface area contributed by atoms with Gasteiger partial charge in [0.1, 0.15) is 5.82 Å². The summed E-state index contributed by atoms with van der Waals surface area (Å²) >= 11 is 0. The number of oxime groups is 1. The molecule has 0 amide bonds. The fourth-order valence-corrected chi connectivity index (χ4v) is 0.980. The third kappa shape index (κ3) is 3.68. The monoisotopic (exact) mass is 225 g/mol. The summed E-state index contributed by atoms with van der Waals surface area (Å²) in [6.45, 7) is 3.81. The molecule has 0 saturated carbocycles. The Balaban J connectivity index is 2.59. The Morgan fingerprint density at radius 1 is 1.38 bits per heavy atom. The molecule has 5 heteroatoms. The summed E-state index contributed by atoms with van der Waals surface area (Å²) in [5, 5.41) is 3.46. The number of rotatable bonds is 3. The van der Waals surface area contributed by atoms with Crippen LogP contribution in [0.1, 0.15) is 24.2 Å². The normalized spacial score (nSPS) is 11.1. The number of hydrogen-bond donors (Lipinski definition) is 0. The van der Waals surface area contributed by atoms with Crippen LogP contribution in [0.15, 0.2) is 29.4 Å². The largest absolute Gasteiger partial charge is 0.479 e. The molecule has 0 saturated heterocycles. The van der Waals surface area contributed by atoms with E-state index in [9.17, 15) is 9.18 Å². The minimum atomic E-state index is -0.654. The van der Waals surface area contributed by atoms with E-state index >= 15 is 0 Å². The van der Waals surface area contributed by atoms with Crippen molar-refractivity contribution in [2.75, 3.05) is 6.61 Å². The van der Waals surface area contributed by atoms with Crippen molar-refractivity contribution in [3.63, 3.8) is 0 Å². The Morgan fingerprint density at radius 2 is 2.00 bits per heavy atom. The second-order valence-corrected chi connectivity index (χ2v) is 2.93. The molecule has 1 aromatic carbocycles. The second kappa shape index (κ2) is 5.85. The van der Waals surface area contributed by atoms with Gasteiger partial charge < -0.3 is 9.57 Å². The van der Waals surface area contributed by atoms with Crippen LogP contribution in [0, 0.1) is 5.82 Å². The zero-order valence-electron chi connectivity index (χ0n) is 9.07. The van der Waals surface area contributed by atoms with E-state index in [0.717, 1.165) is 0 Å². The maximum Gasteiger partial charge on any atom is 0.365 e. The Hall–Kier alpha value is -1.91. The van der Waals surface area contributed by atoms with E-state index in [4.69, 9.17) is 4.74 Å². The molecule has 0 fully saturated rings. The summed E-state index contributed by atoms with van der Waals surface area (Å²) in [5.74, 6) is -0.803. The van der Waals surface area contributed by atoms with Crippen LogP contribution >= 0.6 is 0 Å². The second-order valence-electron chi connectivity index (χ2n) is 2.93. The third-order valence-corrected chi connectivity index (χ3v) is 1.69. The molecule has 1 rings (SSSR count). The first-order valence-electron chi connectivity index (χ1n) is 4.77. The van der Waals surface area contributed by atoms with E-state index in [1.165, 1.54) is 24.3 Å². The van der Waals surface area contributed by atoms with Gasteiger partial charge in [0.25, 0.3) is 0 Å². The third-order valence-electron chi connectivity index (χ3n) is 1.69. The molecule has 1 aromatic rings. The number of carbonyl (C=O) groups excluding carboxylic acids is 1. The predicted molar refractivity (Wildman–Crippen MR) is 56.6 cm³/mol. The van der Waals surface area contributed by atoms with E-state index < -0.39 is 11.8 Å². The Bertz CT molecular complexity index is 387.